The summed E-state index contributed by atoms with van der Waals surface area (Å²) < 4.78 is 26.6. The third kappa shape index (κ3) is 14.2. The smallest absolute Gasteiger partial charge is 0.371 e. The average molecular weight is 949 g/mol. The Morgan fingerprint density at radius 2 is 0.612 bits per heavy atom. The van der Waals surface area contributed by atoms with Crippen molar-refractivity contribution < 1.29 is 36.0 Å². The van der Waals surface area contributed by atoms with E-state index in [0.29, 0.717) is 49.6 Å². The van der Waals surface area contributed by atoms with Gasteiger partial charge < -0.3 is 32.5 Å². The van der Waals surface area contributed by atoms with Crippen molar-refractivity contribution in [2.75, 3.05) is 0 Å². The van der Waals surface area contributed by atoms with E-state index in [0.717, 1.165) is 19.3 Å². The first-order valence-corrected chi connectivity index (χ1v) is 25.3. The van der Waals surface area contributed by atoms with Crippen LogP contribution >= 0.6 is 7.92 Å². The third-order valence-corrected chi connectivity index (χ3v) is 16.1. The van der Waals surface area contributed by atoms with Crippen molar-refractivity contribution in [1.82, 2.24) is 0 Å². The summed E-state index contributed by atoms with van der Waals surface area (Å²) in [6.45, 7) is 14.0. The van der Waals surface area contributed by atoms with E-state index < -0.39 is 7.92 Å². The Bertz CT molecular complexity index is 2300. The van der Waals surface area contributed by atoms with Crippen LogP contribution in [0.3, 0.4) is 0 Å². The van der Waals surface area contributed by atoms with Gasteiger partial charge in [-0.05, 0) is 81.4 Å². The number of rotatable bonds is 18. The van der Waals surface area contributed by atoms with Gasteiger partial charge >= 0.3 is 17.1 Å². The van der Waals surface area contributed by atoms with Crippen LogP contribution in [-0.4, -0.2) is 35.7 Å². The molecule has 1 aliphatic carbocycles. The first kappa shape index (κ1) is 50.2. The van der Waals surface area contributed by atoms with Gasteiger partial charge in [0.15, 0.2) is 0 Å². The summed E-state index contributed by atoms with van der Waals surface area (Å²) in [6.07, 6.45) is 2.93. The fourth-order valence-electron chi connectivity index (χ4n) is 9.76. The molecular weight excluding hydrogens is 883 g/mol. The fourth-order valence-corrected chi connectivity index (χ4v) is 12.4. The van der Waals surface area contributed by atoms with Crippen molar-refractivity contribution >= 4 is 7.92 Å². The summed E-state index contributed by atoms with van der Waals surface area (Å²) >= 11 is 0. The summed E-state index contributed by atoms with van der Waals surface area (Å²) in [5.74, 6) is 0.946. The van der Waals surface area contributed by atoms with Crippen LogP contribution in [0.4, 0.5) is 0 Å². The van der Waals surface area contributed by atoms with Crippen LogP contribution in [-0.2, 0) is 81.7 Å². The van der Waals surface area contributed by atoms with Crippen molar-refractivity contribution in [2.24, 2.45) is 17.8 Å². The van der Waals surface area contributed by atoms with Gasteiger partial charge in [0.1, 0.15) is 0 Å². The quantitative estimate of drug-likeness (QED) is 0.0488. The maximum Gasteiger partial charge on any atom is 2.00 e. The van der Waals surface area contributed by atoms with E-state index in [-0.39, 0.29) is 47.4 Å². The second-order valence-corrected chi connectivity index (χ2v) is 20.3. The minimum absolute atomic E-state index is 0. The van der Waals surface area contributed by atoms with Crippen LogP contribution in [0.2, 0.25) is 0 Å². The molecule has 0 amide bonds. The molecule has 1 aliphatic heterocycles. The van der Waals surface area contributed by atoms with Crippen molar-refractivity contribution in [3.8, 4) is 0 Å². The van der Waals surface area contributed by atoms with Crippen molar-refractivity contribution in [1.29, 1.82) is 0 Å². The molecule has 1 heterocycles. The van der Waals surface area contributed by atoms with Gasteiger partial charge in [-0.25, -0.2) is 0 Å². The van der Waals surface area contributed by atoms with Crippen molar-refractivity contribution in [3.05, 3.63) is 265 Å². The fraction of sp³-hybridized carbons (Fsp3) is 0.279. The first-order valence-electron chi connectivity index (χ1n) is 23.7. The molecule has 9 atom stereocenters. The maximum absolute atomic E-state index is 6.76. The minimum Gasteiger partial charge on any atom is -0.371 e. The van der Waals surface area contributed by atoms with Crippen LogP contribution in [0.1, 0.15) is 45.9 Å². The number of hydrogen-bond acceptors (Lipinski definition) is 4. The number of ether oxygens (including phenoxy) is 4. The predicted octanol–water partition coefficient (Wildman–Crippen LogP) is 13.8. The summed E-state index contributed by atoms with van der Waals surface area (Å²) in [4.78, 5) is 0. The summed E-state index contributed by atoms with van der Waals surface area (Å²) in [5, 5.41) is 0. The molecule has 1 saturated carbocycles. The Labute approximate surface area is 412 Å². The molecule has 0 aromatic heterocycles. The molecule has 67 heavy (non-hydrogen) atoms. The van der Waals surface area contributed by atoms with Crippen molar-refractivity contribution in [2.45, 2.75) is 88.3 Å². The van der Waals surface area contributed by atoms with Gasteiger partial charge in [-0.2, -0.15) is 5.92 Å². The zero-order valence-electron chi connectivity index (χ0n) is 38.7. The molecule has 0 N–H and O–H groups in total. The van der Waals surface area contributed by atoms with Gasteiger partial charge in [0.2, 0.25) is 0 Å². The largest absolute Gasteiger partial charge is 2.00 e. The first-order chi connectivity index (χ1) is 32.5. The summed E-state index contributed by atoms with van der Waals surface area (Å²) in [7, 11) is -0.579. The second kappa shape index (κ2) is 26.2. The molecule has 2 fully saturated rings. The molecule has 6 heteroatoms. The standard InChI is InChI=1S/C33H34O2P.C28H31O2.Fe/c1-36-30(22-26-14-6-2-7-15-26)32(34-24-28-18-10-4-11-19-28)33(35-25-29-20-12-5-13-21-29)31(36)23-27-16-8-3-9-17-27;1-21-22(2)27(29-19-24-14-8-4-9-15-24)28(30-20-25-16-10-5-11-17-25)26(21)18-23-12-6-3-7-13-23;/h2-21,30-33H,1,22-25H2;3-17,21-22,26-28H,1,18-20H2,2H3;/q2*-1;+2/t30-,31-,32-,33-;21?,22-,26-,27+,28+;/m01./s1. The van der Waals surface area contributed by atoms with E-state index in [1.54, 1.807) is 0 Å². The molecule has 7 aromatic carbocycles. The SMILES string of the molecule is [CH2-]C1[C@@H](C)[C@H](OCc2ccccc2)[C@@H](OCc2ccccc2)[C@@H]1Cc1ccccc1.[CH2-]P1[C@@H](Cc2ccccc2)[C@H](OCc2ccccc2)[C@@H](OCc2ccccc2)[C@@H]1Cc1ccccc1.[Fe+2]. The van der Waals surface area contributed by atoms with Crippen LogP contribution in [0.5, 0.6) is 0 Å². The summed E-state index contributed by atoms with van der Waals surface area (Å²) in [5.41, 5.74) is 9.46. The Morgan fingerprint density at radius 3 is 0.925 bits per heavy atom. The second-order valence-electron chi connectivity index (χ2n) is 17.9. The van der Waals surface area contributed by atoms with Crippen molar-refractivity contribution in [3.63, 3.8) is 0 Å². The van der Waals surface area contributed by atoms with E-state index in [9.17, 15) is 0 Å². The predicted molar refractivity (Wildman–Crippen MR) is 272 cm³/mol. The van der Waals surface area contributed by atoms with Gasteiger partial charge in [-0.3, -0.25) is 7.92 Å². The van der Waals surface area contributed by atoms with E-state index in [1.807, 2.05) is 24.3 Å². The molecule has 0 bridgehead atoms. The summed E-state index contributed by atoms with van der Waals surface area (Å²) in [6, 6.07) is 73.9. The molecule has 1 unspecified atom stereocenters. The van der Waals surface area contributed by atoms with Gasteiger partial charge in [-0.1, -0.05) is 219 Å². The van der Waals surface area contributed by atoms with Crippen LogP contribution < -0.4 is 0 Å². The van der Waals surface area contributed by atoms with Gasteiger partial charge in [0, 0.05) is 0 Å². The van der Waals surface area contributed by atoms with Gasteiger partial charge in [0.25, 0.3) is 0 Å². The van der Waals surface area contributed by atoms with Crippen LogP contribution in [0.25, 0.3) is 0 Å². The van der Waals surface area contributed by atoms with E-state index in [4.69, 9.17) is 25.6 Å². The third-order valence-electron chi connectivity index (χ3n) is 13.5. The normalized spacial score (nSPS) is 23.5. The molecule has 2 aliphatic rings. The Morgan fingerprint density at radius 1 is 0.358 bits per heavy atom. The average Bonchev–Trinajstić information content (AvgIpc) is 3.75. The van der Waals surface area contributed by atoms with E-state index in [1.165, 1.54) is 38.9 Å². The molecule has 346 valence electrons. The molecule has 1 saturated heterocycles. The molecule has 4 nitrogen and oxygen atoms in total. The zero-order chi connectivity index (χ0) is 45.3. The Balaban J connectivity index is 0.000000199. The molecular formula is C61H65FeO4P. The zero-order valence-corrected chi connectivity index (χ0v) is 40.7. The maximum atomic E-state index is 6.76. The van der Waals surface area contributed by atoms with Gasteiger partial charge in [-0.15, -0.1) is 0 Å². The van der Waals surface area contributed by atoms with Crippen LogP contribution in [0, 0.1) is 31.3 Å². The molecule has 0 radical (unpaired) electrons. The molecule has 7 aromatic rings. The van der Waals surface area contributed by atoms with E-state index in [2.05, 4.69) is 202 Å². The topological polar surface area (TPSA) is 36.9 Å². The minimum atomic E-state index is -0.579. The number of hydrogen-bond donors (Lipinski definition) is 0. The Kier molecular flexibility index (Phi) is 19.6. The van der Waals surface area contributed by atoms with Gasteiger partial charge in [0.05, 0.1) is 50.8 Å². The Hall–Kier alpha value is -4.67. The number of benzene rings is 7. The monoisotopic (exact) mass is 948 g/mol. The molecule has 9 rings (SSSR count). The van der Waals surface area contributed by atoms with Crippen LogP contribution in [0.15, 0.2) is 212 Å². The molecule has 0 spiro atoms. The van der Waals surface area contributed by atoms with E-state index >= 15 is 0 Å².